The smallest absolute Gasteiger partial charge is 0.309 e. The number of aliphatic hydroxyl groups is 2. The topological polar surface area (TPSA) is 96.7 Å². The second kappa shape index (κ2) is 9.59. The van der Waals surface area contributed by atoms with Crippen molar-refractivity contribution in [2.75, 3.05) is 0 Å². The molecule has 4 rings (SSSR count). The van der Waals surface area contributed by atoms with E-state index in [0.717, 1.165) is 48.4 Å². The van der Waals surface area contributed by atoms with Crippen LogP contribution in [0.25, 0.3) is 6.08 Å². The molecule has 0 spiro atoms. The summed E-state index contributed by atoms with van der Waals surface area (Å²) in [4.78, 5) is 30.5. The van der Waals surface area contributed by atoms with Crippen LogP contribution in [0.1, 0.15) is 76.4 Å². The number of carbonyl (C=O) groups is 2. The van der Waals surface area contributed by atoms with E-state index in [4.69, 9.17) is 4.74 Å². The van der Waals surface area contributed by atoms with Crippen LogP contribution in [0.5, 0.6) is 0 Å². The third kappa shape index (κ3) is 5.25. The highest BCUT2D eigenvalue weighted by Gasteiger charge is 2.52. The molecule has 2 N–H and O–H groups in total. The number of ether oxygens (including phenoxy) is 1. The van der Waals surface area contributed by atoms with Crippen molar-refractivity contribution in [3.63, 3.8) is 0 Å². The predicted octanol–water partition coefficient (Wildman–Crippen LogP) is 4.32. The molecular formula is C26H37NO5S. The van der Waals surface area contributed by atoms with Gasteiger partial charge in [-0.25, -0.2) is 4.98 Å². The van der Waals surface area contributed by atoms with Crippen LogP contribution in [0.2, 0.25) is 0 Å². The van der Waals surface area contributed by atoms with Gasteiger partial charge in [-0.15, -0.1) is 11.3 Å². The van der Waals surface area contributed by atoms with Gasteiger partial charge in [0.05, 0.1) is 34.7 Å². The molecule has 7 heteroatoms. The molecule has 0 aromatic carbocycles. The molecule has 1 saturated heterocycles. The maximum absolute atomic E-state index is 13.1. The van der Waals surface area contributed by atoms with Crippen LogP contribution in [0, 0.1) is 36.0 Å². The van der Waals surface area contributed by atoms with Crippen molar-refractivity contribution in [3.8, 4) is 0 Å². The van der Waals surface area contributed by atoms with Crippen molar-refractivity contribution >= 4 is 29.2 Å². The summed E-state index contributed by atoms with van der Waals surface area (Å²) in [6, 6.07) is 0. The summed E-state index contributed by atoms with van der Waals surface area (Å²) in [5.74, 6) is -0.0623. The van der Waals surface area contributed by atoms with Crippen molar-refractivity contribution in [1.82, 2.24) is 4.98 Å². The zero-order valence-electron chi connectivity index (χ0n) is 20.1. The molecule has 2 heterocycles. The van der Waals surface area contributed by atoms with E-state index in [1.54, 1.807) is 25.2 Å². The van der Waals surface area contributed by atoms with Gasteiger partial charge in [0.15, 0.2) is 0 Å². The molecule has 3 fully saturated rings. The summed E-state index contributed by atoms with van der Waals surface area (Å²) >= 11 is 1.59. The number of fused-ring (bicyclic) bond motifs is 3. The monoisotopic (exact) mass is 475 g/mol. The number of aliphatic hydroxyl groups excluding tert-OH is 2. The largest absolute Gasteiger partial charge is 0.458 e. The van der Waals surface area contributed by atoms with Gasteiger partial charge in [-0.1, -0.05) is 26.7 Å². The van der Waals surface area contributed by atoms with Crippen LogP contribution in [0.15, 0.2) is 11.0 Å². The number of ketones is 1. The molecule has 1 aliphatic heterocycles. The standard InChI is InChI=1S/C26H37NO5S/c1-14(8-20-13-33-16(3)27-20)21-10-19-9-17(19)6-5-7-18-12-26(4,22(28)11-23(29)32-21)25(31)15(2)24(18)30/h8,13,15,17-19,21-22,24,28,30H,5-7,9-12H2,1-4H3/b14-8+/t15-,17+,18-,19+,21-,22+,24-,26-/m1/s1. The maximum atomic E-state index is 13.1. The molecule has 2 bridgehead atoms. The third-order valence-corrected chi connectivity index (χ3v) is 9.07. The zero-order valence-corrected chi connectivity index (χ0v) is 20.9. The van der Waals surface area contributed by atoms with Gasteiger partial charge in [0.25, 0.3) is 0 Å². The molecule has 8 atom stereocenters. The van der Waals surface area contributed by atoms with Gasteiger partial charge >= 0.3 is 5.97 Å². The highest BCUT2D eigenvalue weighted by atomic mass is 32.1. The summed E-state index contributed by atoms with van der Waals surface area (Å²) in [7, 11) is 0. The molecule has 0 radical (unpaired) electrons. The second-order valence-corrected chi connectivity index (χ2v) is 11.9. The Kier molecular flexibility index (Phi) is 7.13. The van der Waals surface area contributed by atoms with Crippen molar-refractivity contribution in [1.29, 1.82) is 0 Å². The first kappa shape index (κ1) is 24.6. The average Bonchev–Trinajstić information content (AvgIpc) is 3.37. The maximum Gasteiger partial charge on any atom is 0.309 e. The van der Waals surface area contributed by atoms with Crippen molar-refractivity contribution in [2.45, 2.75) is 91.0 Å². The lowest BCUT2D eigenvalue weighted by Crippen LogP contribution is -2.54. The Bertz CT molecular complexity index is 926. The fourth-order valence-corrected chi connectivity index (χ4v) is 6.55. The fourth-order valence-electron chi connectivity index (χ4n) is 5.98. The van der Waals surface area contributed by atoms with Crippen LogP contribution in [-0.2, 0) is 14.3 Å². The number of rotatable bonds is 2. The summed E-state index contributed by atoms with van der Waals surface area (Å²) < 4.78 is 5.92. The molecule has 6 nitrogen and oxygen atoms in total. The van der Waals surface area contributed by atoms with Gasteiger partial charge < -0.3 is 14.9 Å². The van der Waals surface area contributed by atoms with Crippen molar-refractivity contribution in [2.24, 2.45) is 29.1 Å². The fraction of sp³-hybridized carbons (Fsp3) is 0.731. The first-order valence-corrected chi connectivity index (χ1v) is 13.2. The number of aryl methyl sites for hydroxylation is 1. The first-order chi connectivity index (χ1) is 15.6. The number of hydrogen-bond acceptors (Lipinski definition) is 7. The molecule has 33 heavy (non-hydrogen) atoms. The van der Waals surface area contributed by atoms with Crippen molar-refractivity contribution < 1.29 is 24.5 Å². The van der Waals surface area contributed by atoms with Crippen LogP contribution in [0.4, 0.5) is 0 Å². The highest BCUT2D eigenvalue weighted by molar-refractivity contribution is 7.09. The van der Waals surface area contributed by atoms with Crippen LogP contribution in [-0.4, -0.2) is 45.3 Å². The molecule has 182 valence electrons. The Morgan fingerprint density at radius 1 is 1.21 bits per heavy atom. The molecule has 2 aliphatic carbocycles. The first-order valence-electron chi connectivity index (χ1n) is 12.3. The number of cyclic esters (lactones) is 1. The van der Waals surface area contributed by atoms with Gasteiger partial charge in [0.1, 0.15) is 11.9 Å². The Hall–Kier alpha value is -1.57. The minimum absolute atomic E-state index is 0.0343. The molecule has 3 aliphatic rings. The minimum atomic E-state index is -1.13. The Balaban J connectivity index is 1.56. The summed E-state index contributed by atoms with van der Waals surface area (Å²) in [5.41, 5.74) is 0.780. The van der Waals surface area contributed by atoms with Gasteiger partial charge in [-0.2, -0.15) is 0 Å². The minimum Gasteiger partial charge on any atom is -0.458 e. The highest BCUT2D eigenvalue weighted by Crippen LogP contribution is 2.49. The number of thiazole rings is 1. The number of esters is 1. The Labute approximate surface area is 200 Å². The van der Waals surface area contributed by atoms with E-state index in [1.165, 1.54) is 0 Å². The summed E-state index contributed by atoms with van der Waals surface area (Å²) in [6.45, 7) is 7.43. The van der Waals surface area contributed by atoms with E-state index in [0.29, 0.717) is 18.3 Å². The lowest BCUT2D eigenvalue weighted by molar-refractivity contribution is -0.161. The molecule has 1 aromatic heterocycles. The summed E-state index contributed by atoms with van der Waals surface area (Å²) in [5, 5.41) is 24.7. The van der Waals surface area contributed by atoms with Crippen molar-refractivity contribution in [3.05, 3.63) is 21.7 Å². The van der Waals surface area contributed by atoms with Gasteiger partial charge in [0.2, 0.25) is 0 Å². The lowest BCUT2D eigenvalue weighted by Gasteiger charge is -2.45. The molecule has 0 unspecified atom stereocenters. The van der Waals surface area contributed by atoms with Crippen LogP contribution < -0.4 is 0 Å². The number of hydrogen-bond donors (Lipinski definition) is 2. The quantitative estimate of drug-likeness (QED) is 0.619. The van der Waals surface area contributed by atoms with Gasteiger partial charge in [0, 0.05) is 11.3 Å². The van der Waals surface area contributed by atoms with E-state index in [9.17, 15) is 19.8 Å². The third-order valence-electron chi connectivity index (χ3n) is 8.28. The average molecular weight is 476 g/mol. The van der Waals surface area contributed by atoms with Gasteiger partial charge in [-0.05, 0) is 68.9 Å². The number of aromatic nitrogens is 1. The van der Waals surface area contributed by atoms with Crippen LogP contribution in [0.3, 0.4) is 0 Å². The van der Waals surface area contributed by atoms with E-state index in [2.05, 4.69) is 4.98 Å². The molecule has 1 aromatic rings. The Morgan fingerprint density at radius 2 is 1.94 bits per heavy atom. The van der Waals surface area contributed by atoms with E-state index in [-0.39, 0.29) is 24.2 Å². The number of carbonyl (C=O) groups excluding carboxylic acids is 2. The predicted molar refractivity (Wildman–Crippen MR) is 127 cm³/mol. The summed E-state index contributed by atoms with van der Waals surface area (Å²) in [6.07, 6.45) is 4.87. The molecule has 0 amide bonds. The van der Waals surface area contributed by atoms with E-state index >= 15 is 0 Å². The molecule has 2 saturated carbocycles. The number of nitrogens with zero attached hydrogens (tertiary/aromatic N) is 1. The van der Waals surface area contributed by atoms with E-state index in [1.807, 2.05) is 25.3 Å². The van der Waals surface area contributed by atoms with Gasteiger partial charge in [-0.3, -0.25) is 9.59 Å². The number of Topliss-reactive ketones (excluding diaryl/α,β-unsaturated/α-hetero) is 1. The molecular weight excluding hydrogens is 438 g/mol. The normalized spacial score (nSPS) is 40.5. The SMILES string of the molecule is C/C(=C\c1csc(C)n1)[C@H]1C[C@@H]2C[C@@H]2CCC[C@@H]2C[C@@](C)(C(=O)[C@H](C)[C@H]2O)[C@@H](O)CC(=O)O1. The van der Waals surface area contributed by atoms with Crippen LogP contribution >= 0.6 is 11.3 Å². The second-order valence-electron chi connectivity index (χ2n) is 10.8. The Morgan fingerprint density at radius 3 is 2.64 bits per heavy atom. The zero-order chi connectivity index (χ0) is 23.9. The van der Waals surface area contributed by atoms with E-state index < -0.39 is 29.5 Å². The lowest BCUT2D eigenvalue weighted by atomic mass is 9.60.